The van der Waals surface area contributed by atoms with Gasteiger partial charge in [0.2, 0.25) is 0 Å². The second-order valence-electron chi connectivity index (χ2n) is 5.03. The van der Waals surface area contributed by atoms with Gasteiger partial charge in [-0.15, -0.1) is 0 Å². The van der Waals surface area contributed by atoms with Crippen molar-refractivity contribution in [2.45, 2.75) is 76.9 Å². The second kappa shape index (κ2) is 7.90. The van der Waals surface area contributed by atoms with Crippen molar-refractivity contribution in [1.82, 2.24) is 5.32 Å². The molecule has 0 aromatic heterocycles. The van der Waals surface area contributed by atoms with E-state index >= 15 is 0 Å². The summed E-state index contributed by atoms with van der Waals surface area (Å²) in [6.07, 6.45) is -3.45. The van der Waals surface area contributed by atoms with Gasteiger partial charge >= 0.3 is 5.97 Å². The van der Waals surface area contributed by atoms with Gasteiger partial charge in [0, 0.05) is 6.42 Å². The van der Waals surface area contributed by atoms with Crippen molar-refractivity contribution in [2.75, 3.05) is 0 Å². The molecular formula is C13H25NO6. The van der Waals surface area contributed by atoms with Crippen LogP contribution in [0.2, 0.25) is 0 Å². The Morgan fingerprint density at radius 3 is 2.60 bits per heavy atom. The fraction of sp³-hybridized carbons (Fsp3) is 0.923. The van der Waals surface area contributed by atoms with Crippen LogP contribution in [-0.4, -0.2) is 58.2 Å². The summed E-state index contributed by atoms with van der Waals surface area (Å²) in [4.78, 5) is 11.4. The third kappa shape index (κ3) is 4.39. The molecule has 1 heterocycles. The van der Waals surface area contributed by atoms with Gasteiger partial charge in [-0.1, -0.05) is 20.3 Å². The normalized spacial score (nSPS) is 35.6. The third-order valence-corrected chi connectivity index (χ3v) is 3.34. The van der Waals surface area contributed by atoms with Crippen molar-refractivity contribution in [1.29, 1.82) is 0 Å². The Morgan fingerprint density at radius 2 is 2.05 bits per heavy atom. The van der Waals surface area contributed by atoms with Gasteiger partial charge in [0.1, 0.15) is 18.4 Å². The van der Waals surface area contributed by atoms with E-state index in [-0.39, 0.29) is 6.42 Å². The van der Waals surface area contributed by atoms with Crippen LogP contribution in [0, 0.1) is 0 Å². The number of ether oxygens (including phenoxy) is 2. The number of carbonyl (C=O) groups is 1. The molecule has 0 saturated carbocycles. The van der Waals surface area contributed by atoms with Gasteiger partial charge in [-0.2, -0.15) is 0 Å². The summed E-state index contributed by atoms with van der Waals surface area (Å²) < 4.78 is 10.4. The highest BCUT2D eigenvalue weighted by molar-refractivity contribution is 5.69. The molecule has 7 nitrogen and oxygen atoms in total. The Kier molecular flexibility index (Phi) is 6.84. The SMILES string of the molecule is CCCC(O)N[C@H]1C(O)O[C@H](C)[C@@H](O)[C@@H]1OC(=O)CC. The van der Waals surface area contributed by atoms with Crippen molar-refractivity contribution < 1.29 is 29.6 Å². The topological polar surface area (TPSA) is 108 Å². The van der Waals surface area contributed by atoms with E-state index in [4.69, 9.17) is 9.47 Å². The van der Waals surface area contributed by atoms with E-state index < -0.39 is 42.8 Å². The van der Waals surface area contributed by atoms with Gasteiger partial charge in [-0.25, -0.2) is 0 Å². The Morgan fingerprint density at radius 1 is 1.40 bits per heavy atom. The van der Waals surface area contributed by atoms with Crippen molar-refractivity contribution in [3.8, 4) is 0 Å². The maximum Gasteiger partial charge on any atom is 0.305 e. The molecule has 1 aliphatic heterocycles. The van der Waals surface area contributed by atoms with Crippen molar-refractivity contribution in [3.63, 3.8) is 0 Å². The third-order valence-electron chi connectivity index (χ3n) is 3.34. The maximum absolute atomic E-state index is 11.4. The van der Waals surface area contributed by atoms with Gasteiger partial charge in [0.15, 0.2) is 12.4 Å². The van der Waals surface area contributed by atoms with Crippen LogP contribution in [0.4, 0.5) is 0 Å². The smallest absolute Gasteiger partial charge is 0.305 e. The van der Waals surface area contributed by atoms with Gasteiger partial charge in [-0.3, -0.25) is 10.1 Å². The number of aliphatic hydroxyl groups is 3. The lowest BCUT2D eigenvalue weighted by Gasteiger charge is -2.42. The van der Waals surface area contributed by atoms with Crippen LogP contribution in [0.3, 0.4) is 0 Å². The minimum absolute atomic E-state index is 0.165. The average molecular weight is 291 g/mol. The average Bonchev–Trinajstić information content (AvgIpc) is 2.40. The Balaban J connectivity index is 2.80. The number of nitrogens with one attached hydrogen (secondary N) is 1. The minimum Gasteiger partial charge on any atom is -0.458 e. The van der Waals surface area contributed by atoms with Crippen LogP contribution in [0.25, 0.3) is 0 Å². The number of aliphatic hydroxyl groups excluding tert-OH is 3. The standard InChI is InChI=1S/C13H25NO6/c1-4-6-8(15)14-10-12(20-9(16)5-2)11(17)7(3)19-13(10)18/h7-8,10-15,17-18H,4-6H2,1-3H3/t7-,8?,10-,11-,12-,13?/m1/s1. The van der Waals surface area contributed by atoms with E-state index in [0.29, 0.717) is 6.42 Å². The lowest BCUT2D eigenvalue weighted by molar-refractivity contribution is -0.253. The molecule has 4 N–H and O–H groups in total. The van der Waals surface area contributed by atoms with E-state index in [1.807, 2.05) is 6.92 Å². The van der Waals surface area contributed by atoms with Crippen LogP contribution >= 0.6 is 0 Å². The van der Waals surface area contributed by atoms with Gasteiger partial charge < -0.3 is 24.8 Å². The van der Waals surface area contributed by atoms with Gasteiger partial charge in [0.05, 0.1) is 6.10 Å². The Labute approximate surface area is 118 Å². The number of carbonyl (C=O) groups excluding carboxylic acids is 1. The van der Waals surface area contributed by atoms with Crippen molar-refractivity contribution in [2.24, 2.45) is 0 Å². The Hall–Kier alpha value is -0.730. The summed E-state index contributed by atoms with van der Waals surface area (Å²) in [5.41, 5.74) is 0. The second-order valence-corrected chi connectivity index (χ2v) is 5.03. The van der Waals surface area contributed by atoms with E-state index in [9.17, 15) is 20.1 Å². The summed E-state index contributed by atoms with van der Waals surface area (Å²) in [6.45, 7) is 5.13. The molecule has 0 radical (unpaired) electrons. The molecule has 6 atom stereocenters. The highest BCUT2D eigenvalue weighted by Crippen LogP contribution is 2.23. The molecule has 0 aromatic rings. The predicted octanol–water partition coefficient (Wildman–Crippen LogP) is -0.517. The molecule has 1 rings (SSSR count). The molecule has 0 amide bonds. The van der Waals surface area contributed by atoms with Crippen LogP contribution < -0.4 is 5.32 Å². The largest absolute Gasteiger partial charge is 0.458 e. The Bertz CT molecular complexity index is 313. The first kappa shape index (κ1) is 17.3. The van der Waals surface area contributed by atoms with Crippen LogP contribution in [0.15, 0.2) is 0 Å². The van der Waals surface area contributed by atoms with Gasteiger partial charge in [0.25, 0.3) is 0 Å². The number of hydrogen-bond acceptors (Lipinski definition) is 7. The van der Waals surface area contributed by atoms with E-state index in [1.165, 1.54) is 0 Å². The fourth-order valence-corrected chi connectivity index (χ4v) is 2.16. The molecule has 1 fully saturated rings. The van der Waals surface area contributed by atoms with Crippen molar-refractivity contribution in [3.05, 3.63) is 0 Å². The molecule has 20 heavy (non-hydrogen) atoms. The predicted molar refractivity (Wildman–Crippen MR) is 70.6 cm³/mol. The summed E-state index contributed by atoms with van der Waals surface area (Å²) in [5, 5.41) is 32.5. The van der Waals surface area contributed by atoms with Crippen LogP contribution in [0.1, 0.15) is 40.0 Å². The molecule has 7 heteroatoms. The monoisotopic (exact) mass is 291 g/mol. The van der Waals surface area contributed by atoms with E-state index in [0.717, 1.165) is 6.42 Å². The summed E-state index contributed by atoms with van der Waals surface area (Å²) in [7, 11) is 0. The molecule has 2 unspecified atom stereocenters. The lowest BCUT2D eigenvalue weighted by atomic mass is 9.97. The quantitative estimate of drug-likeness (QED) is 0.385. The van der Waals surface area contributed by atoms with Crippen LogP contribution in [-0.2, 0) is 14.3 Å². The van der Waals surface area contributed by atoms with E-state index in [1.54, 1.807) is 13.8 Å². The molecule has 1 aliphatic rings. The zero-order chi connectivity index (χ0) is 15.3. The minimum atomic E-state index is -1.27. The molecule has 0 aromatic carbocycles. The molecular weight excluding hydrogens is 266 g/mol. The summed E-state index contributed by atoms with van der Waals surface area (Å²) in [6, 6.07) is -0.877. The maximum atomic E-state index is 11.4. The first-order valence-corrected chi connectivity index (χ1v) is 7.05. The highest BCUT2D eigenvalue weighted by atomic mass is 16.6. The number of esters is 1. The molecule has 0 bridgehead atoms. The first-order valence-electron chi connectivity index (χ1n) is 7.05. The molecule has 1 saturated heterocycles. The lowest BCUT2D eigenvalue weighted by Crippen LogP contribution is -2.64. The van der Waals surface area contributed by atoms with Crippen LogP contribution in [0.5, 0.6) is 0 Å². The zero-order valence-electron chi connectivity index (χ0n) is 12.2. The van der Waals surface area contributed by atoms with E-state index in [2.05, 4.69) is 5.32 Å². The zero-order valence-corrected chi connectivity index (χ0v) is 12.2. The fourth-order valence-electron chi connectivity index (χ4n) is 2.16. The number of rotatable bonds is 6. The van der Waals surface area contributed by atoms with Crippen molar-refractivity contribution >= 4 is 5.97 Å². The molecule has 118 valence electrons. The molecule has 0 aliphatic carbocycles. The summed E-state index contributed by atoms with van der Waals surface area (Å²) in [5.74, 6) is -0.480. The first-order chi connectivity index (χ1) is 9.40. The number of hydrogen-bond donors (Lipinski definition) is 4. The van der Waals surface area contributed by atoms with Gasteiger partial charge in [-0.05, 0) is 13.3 Å². The highest BCUT2D eigenvalue weighted by Gasteiger charge is 2.45. The summed E-state index contributed by atoms with van der Waals surface area (Å²) >= 11 is 0. The molecule has 0 spiro atoms.